The minimum Gasteiger partial charge on any atom is -0.462 e. The molecule has 0 fully saturated rings. The molecule has 9 nitrogen and oxygen atoms in total. The zero-order valence-corrected chi connectivity index (χ0v) is 46.4. The van der Waals surface area contributed by atoms with E-state index in [0.717, 1.165) is 77.0 Å². The van der Waals surface area contributed by atoms with Crippen molar-refractivity contribution >= 4 is 19.8 Å². The van der Waals surface area contributed by atoms with Gasteiger partial charge < -0.3 is 18.9 Å². The fraction of sp³-hybridized carbons (Fsp3) is 0.700. The standard InChI is InChI=1S/C60H104NO8P/c1-6-8-10-12-14-16-18-20-22-24-26-28-29-30-31-33-34-36-38-40-42-44-46-48-50-52-59(62)66-56-58(57-68-70(64,65)67-55-54-61(3,4)5)69-60(63)53-51-49-47-45-43-41-39-37-35-32-27-25-23-21-19-17-15-13-11-9-7-2/h9,11,15,17-18,20-21,23-24,26-27,32,37,39,43,45,58H,6-8,10,12-14,16,19,22,25,28-31,33-36,38,40-42,44,46-57H2,1-5H3/p+1/b11-9-,17-15-,20-18-,23-21-,26-24-,32-27-,39-37-,45-43-. The predicted molar refractivity (Wildman–Crippen MR) is 298 cm³/mol. The first-order valence-electron chi connectivity index (χ1n) is 28.0. The van der Waals surface area contributed by atoms with E-state index in [1.807, 2.05) is 21.1 Å². The molecule has 402 valence electrons. The molecule has 2 atom stereocenters. The van der Waals surface area contributed by atoms with Crippen molar-refractivity contribution in [1.82, 2.24) is 0 Å². The molecule has 2 unspecified atom stereocenters. The Morgan fingerprint density at radius 1 is 0.457 bits per heavy atom. The fourth-order valence-corrected chi connectivity index (χ4v) is 8.02. The molecule has 0 aliphatic rings. The van der Waals surface area contributed by atoms with Gasteiger partial charge in [-0.05, 0) is 96.3 Å². The Balaban J connectivity index is 4.27. The normalized spacial score (nSPS) is 14.1. The molecule has 10 heteroatoms. The van der Waals surface area contributed by atoms with Gasteiger partial charge in [0.05, 0.1) is 27.7 Å². The van der Waals surface area contributed by atoms with Crippen LogP contribution in [0.4, 0.5) is 0 Å². The number of hydrogen-bond donors (Lipinski definition) is 1. The summed E-state index contributed by atoms with van der Waals surface area (Å²) >= 11 is 0. The van der Waals surface area contributed by atoms with Crippen molar-refractivity contribution < 1.29 is 42.1 Å². The van der Waals surface area contributed by atoms with Crippen molar-refractivity contribution in [1.29, 1.82) is 0 Å². The first-order chi connectivity index (χ1) is 34.0. The number of allylic oxidation sites excluding steroid dienone is 16. The van der Waals surface area contributed by atoms with Gasteiger partial charge in [-0.2, -0.15) is 0 Å². The van der Waals surface area contributed by atoms with Crippen molar-refractivity contribution in [3.8, 4) is 0 Å². The number of quaternary nitrogens is 1. The molecule has 0 aromatic heterocycles. The average molecular weight is 999 g/mol. The summed E-state index contributed by atoms with van der Waals surface area (Å²) in [6.45, 7) is 4.25. The highest BCUT2D eigenvalue weighted by molar-refractivity contribution is 7.47. The van der Waals surface area contributed by atoms with Crippen LogP contribution in [-0.2, 0) is 32.7 Å². The Kier molecular flexibility index (Phi) is 48.6. The third-order valence-corrected chi connectivity index (χ3v) is 12.6. The predicted octanol–water partition coefficient (Wildman–Crippen LogP) is 17.3. The Morgan fingerprint density at radius 3 is 1.24 bits per heavy atom. The second-order valence-corrected chi connectivity index (χ2v) is 21.0. The van der Waals surface area contributed by atoms with Crippen LogP contribution in [0.2, 0.25) is 0 Å². The van der Waals surface area contributed by atoms with Gasteiger partial charge in [-0.25, -0.2) is 4.57 Å². The molecule has 0 aromatic carbocycles. The maximum Gasteiger partial charge on any atom is 0.472 e. The summed E-state index contributed by atoms with van der Waals surface area (Å²) in [6, 6.07) is 0. The van der Waals surface area contributed by atoms with E-state index in [2.05, 4.69) is 111 Å². The molecule has 0 radical (unpaired) electrons. The van der Waals surface area contributed by atoms with Crippen LogP contribution in [0.3, 0.4) is 0 Å². The molecule has 0 aliphatic heterocycles. The number of rotatable bonds is 50. The molecule has 0 saturated carbocycles. The lowest BCUT2D eigenvalue weighted by molar-refractivity contribution is -0.870. The minimum absolute atomic E-state index is 0.0182. The Hall–Kier alpha value is -3.07. The van der Waals surface area contributed by atoms with Gasteiger partial charge in [-0.15, -0.1) is 0 Å². The molecule has 0 saturated heterocycles. The summed E-state index contributed by atoms with van der Waals surface area (Å²) in [7, 11) is 1.44. The highest BCUT2D eigenvalue weighted by atomic mass is 31.2. The summed E-state index contributed by atoms with van der Waals surface area (Å²) in [4.78, 5) is 35.6. The lowest BCUT2D eigenvalue weighted by atomic mass is 10.0. The lowest BCUT2D eigenvalue weighted by Gasteiger charge is -2.24. The number of hydrogen-bond acceptors (Lipinski definition) is 7. The average Bonchev–Trinajstić information content (AvgIpc) is 3.32. The third kappa shape index (κ3) is 54.3. The van der Waals surface area contributed by atoms with Crippen molar-refractivity contribution in [2.75, 3.05) is 47.5 Å². The number of carbonyl (C=O) groups excluding carboxylic acids is 2. The van der Waals surface area contributed by atoms with Crippen molar-refractivity contribution in [2.45, 2.75) is 225 Å². The van der Waals surface area contributed by atoms with E-state index in [0.29, 0.717) is 17.4 Å². The number of carbonyl (C=O) groups is 2. The SMILES string of the molecule is CC/C=C\C/C=C\C/C=C\C/C=C\C/C=C\C/C=C\CCCCC(=O)OC(COC(=O)CCCCCCCCCCCCCCC/C=C\C/C=C\CCCCCCC)COP(=O)(O)OCC[N+](C)(C)C. The van der Waals surface area contributed by atoms with E-state index in [1.54, 1.807) is 0 Å². The van der Waals surface area contributed by atoms with E-state index in [4.69, 9.17) is 18.5 Å². The van der Waals surface area contributed by atoms with Gasteiger partial charge in [-0.1, -0.05) is 207 Å². The monoisotopic (exact) mass is 999 g/mol. The van der Waals surface area contributed by atoms with Crippen LogP contribution in [0.25, 0.3) is 0 Å². The Labute approximate surface area is 430 Å². The molecule has 0 heterocycles. The van der Waals surface area contributed by atoms with Crippen LogP contribution in [0.5, 0.6) is 0 Å². The van der Waals surface area contributed by atoms with Crippen LogP contribution in [0.1, 0.15) is 219 Å². The van der Waals surface area contributed by atoms with E-state index in [-0.39, 0.29) is 32.0 Å². The molecular weight excluding hydrogens is 894 g/mol. The van der Waals surface area contributed by atoms with E-state index < -0.39 is 26.5 Å². The number of ether oxygens (including phenoxy) is 2. The molecular formula is C60H105NO8P+. The van der Waals surface area contributed by atoms with Gasteiger partial charge >= 0.3 is 19.8 Å². The second kappa shape index (κ2) is 50.9. The van der Waals surface area contributed by atoms with Crippen molar-refractivity contribution in [3.05, 3.63) is 97.2 Å². The number of esters is 2. The Morgan fingerprint density at radius 2 is 0.814 bits per heavy atom. The largest absolute Gasteiger partial charge is 0.472 e. The smallest absolute Gasteiger partial charge is 0.462 e. The quantitative estimate of drug-likeness (QED) is 0.0211. The van der Waals surface area contributed by atoms with Crippen LogP contribution in [-0.4, -0.2) is 74.9 Å². The molecule has 0 aromatic rings. The molecule has 0 aliphatic carbocycles. The lowest BCUT2D eigenvalue weighted by Crippen LogP contribution is -2.37. The van der Waals surface area contributed by atoms with Crippen LogP contribution >= 0.6 is 7.82 Å². The maximum absolute atomic E-state index is 12.8. The summed E-state index contributed by atoms with van der Waals surface area (Å²) in [5, 5.41) is 0. The zero-order valence-electron chi connectivity index (χ0n) is 45.5. The van der Waals surface area contributed by atoms with E-state index in [1.165, 1.54) is 109 Å². The van der Waals surface area contributed by atoms with Gasteiger partial charge in [0.1, 0.15) is 19.8 Å². The van der Waals surface area contributed by atoms with E-state index in [9.17, 15) is 19.0 Å². The topological polar surface area (TPSA) is 108 Å². The van der Waals surface area contributed by atoms with Crippen LogP contribution < -0.4 is 0 Å². The third-order valence-electron chi connectivity index (χ3n) is 11.6. The summed E-state index contributed by atoms with van der Waals surface area (Å²) in [5.41, 5.74) is 0. The molecule has 0 spiro atoms. The summed E-state index contributed by atoms with van der Waals surface area (Å²) in [6.07, 6.45) is 69.0. The molecule has 70 heavy (non-hydrogen) atoms. The summed E-state index contributed by atoms with van der Waals surface area (Å²) < 4.78 is 34.5. The van der Waals surface area contributed by atoms with Crippen molar-refractivity contribution in [3.63, 3.8) is 0 Å². The zero-order chi connectivity index (χ0) is 51.3. The summed E-state index contributed by atoms with van der Waals surface area (Å²) in [5.74, 6) is -0.852. The highest BCUT2D eigenvalue weighted by Gasteiger charge is 2.27. The van der Waals surface area contributed by atoms with Gasteiger partial charge in [0.25, 0.3) is 0 Å². The minimum atomic E-state index is -4.40. The van der Waals surface area contributed by atoms with Crippen LogP contribution in [0.15, 0.2) is 97.2 Å². The van der Waals surface area contributed by atoms with Crippen molar-refractivity contribution in [2.24, 2.45) is 0 Å². The fourth-order valence-electron chi connectivity index (χ4n) is 7.28. The van der Waals surface area contributed by atoms with E-state index >= 15 is 0 Å². The molecule has 1 N–H and O–H groups in total. The van der Waals surface area contributed by atoms with Crippen LogP contribution in [0, 0.1) is 0 Å². The van der Waals surface area contributed by atoms with Gasteiger partial charge in [0, 0.05) is 12.8 Å². The molecule has 0 amide bonds. The molecule has 0 rings (SSSR count). The maximum atomic E-state index is 12.8. The number of phosphoric ester groups is 1. The first-order valence-corrected chi connectivity index (χ1v) is 29.5. The van der Waals surface area contributed by atoms with Gasteiger partial charge in [0.2, 0.25) is 0 Å². The number of phosphoric acid groups is 1. The highest BCUT2D eigenvalue weighted by Crippen LogP contribution is 2.43. The Bertz CT molecular complexity index is 1500. The first kappa shape index (κ1) is 66.9. The van der Waals surface area contributed by atoms with Gasteiger partial charge in [-0.3, -0.25) is 18.6 Å². The van der Waals surface area contributed by atoms with Gasteiger partial charge in [0.15, 0.2) is 6.10 Å². The second-order valence-electron chi connectivity index (χ2n) is 19.6. The molecule has 0 bridgehead atoms. The number of likely N-dealkylation sites (N-methyl/N-ethyl adjacent to an activating group) is 1. The number of unbranched alkanes of at least 4 members (excludes halogenated alkanes) is 20. The number of nitrogens with zero attached hydrogens (tertiary/aromatic N) is 1.